The second kappa shape index (κ2) is 26.2. The highest BCUT2D eigenvalue weighted by Crippen LogP contribution is 2.26. The van der Waals surface area contributed by atoms with E-state index in [0.717, 1.165) is 22.3 Å². The number of carbonyl (C=O) groups is 5. The van der Waals surface area contributed by atoms with Crippen molar-refractivity contribution in [2.45, 2.75) is 110 Å². The van der Waals surface area contributed by atoms with Gasteiger partial charge in [-0.3, -0.25) is 24.0 Å². The molecule has 0 spiro atoms. The molecule has 2 unspecified atom stereocenters. The summed E-state index contributed by atoms with van der Waals surface area (Å²) in [5.74, 6) is -4.48. The van der Waals surface area contributed by atoms with Crippen LogP contribution < -0.4 is 27.0 Å². The highest BCUT2D eigenvalue weighted by atomic mass is 32.1. The first kappa shape index (κ1) is 52.6. The third-order valence-electron chi connectivity index (χ3n) is 11.5. The standard InChI is InChI=1S/C48H65N5O10S2/c1-9-29(5)38(44(55)50-7)52-46(57)42(60-23-31-11-15-33(16-12-31)35-19-21-64-25-35)40(54)41(62-27-63-48(59)37(49)28(3)4)43(47(58)53-39(30(6)10-2)45(56)51-8)61-24-32-13-17-34(18-14-32)36-20-22-65-26-36/h11-22,25-26,28-30,37-43,54H,9-10,23-24,27,49H2,1-8H3,(H,50,55)(H,51,56)(H,52,57)(H,53,58)/t29?,30?,37-,38-,39-,40+,41+,42+,43+/m0/s1. The van der Waals surface area contributed by atoms with Gasteiger partial charge in [-0.1, -0.05) is 103 Å². The maximum Gasteiger partial charge on any atom is 0.325 e. The minimum absolute atomic E-state index is 0.193. The molecule has 15 nitrogen and oxygen atoms in total. The van der Waals surface area contributed by atoms with Gasteiger partial charge in [-0.05, 0) is 84.8 Å². The summed E-state index contributed by atoms with van der Waals surface area (Å²) in [6.07, 6.45) is -6.37. The van der Waals surface area contributed by atoms with Gasteiger partial charge in [0.25, 0.3) is 11.8 Å². The fraction of sp³-hybridized carbons (Fsp3) is 0.479. The third-order valence-corrected chi connectivity index (χ3v) is 12.8. The van der Waals surface area contributed by atoms with E-state index in [2.05, 4.69) is 21.3 Å². The van der Waals surface area contributed by atoms with Crippen LogP contribution in [0.15, 0.2) is 82.2 Å². The number of esters is 1. The molecule has 0 saturated heterocycles. The molecule has 0 fully saturated rings. The summed E-state index contributed by atoms with van der Waals surface area (Å²) < 4.78 is 24.2. The van der Waals surface area contributed by atoms with E-state index in [4.69, 9.17) is 24.7 Å². The summed E-state index contributed by atoms with van der Waals surface area (Å²) >= 11 is 3.14. The lowest BCUT2D eigenvalue weighted by Gasteiger charge is -2.35. The molecule has 0 aliphatic heterocycles. The first-order chi connectivity index (χ1) is 31.1. The lowest BCUT2D eigenvalue weighted by Crippen LogP contribution is -2.61. The van der Waals surface area contributed by atoms with Crippen LogP contribution in [0, 0.1) is 17.8 Å². The third kappa shape index (κ3) is 15.0. The van der Waals surface area contributed by atoms with Gasteiger partial charge in [0.05, 0.1) is 13.2 Å². The number of aliphatic hydroxyl groups excluding tert-OH is 1. The van der Waals surface area contributed by atoms with Crippen molar-refractivity contribution in [2.24, 2.45) is 23.5 Å². The minimum atomic E-state index is -2.03. The van der Waals surface area contributed by atoms with Crippen LogP contribution in [0.2, 0.25) is 0 Å². The van der Waals surface area contributed by atoms with E-state index in [0.29, 0.717) is 24.0 Å². The smallest absolute Gasteiger partial charge is 0.325 e. The first-order valence-corrected chi connectivity index (χ1v) is 23.7. The Morgan fingerprint density at radius 2 is 1.05 bits per heavy atom. The zero-order valence-corrected chi connectivity index (χ0v) is 40.0. The van der Waals surface area contributed by atoms with Crippen molar-refractivity contribution in [1.29, 1.82) is 0 Å². The van der Waals surface area contributed by atoms with Crippen molar-refractivity contribution in [3.63, 3.8) is 0 Å². The number of hydrogen-bond acceptors (Lipinski definition) is 13. The Labute approximate surface area is 390 Å². The molecule has 0 radical (unpaired) electrons. The Bertz CT molecular complexity index is 2080. The monoisotopic (exact) mass is 935 g/mol. The number of thiophene rings is 2. The van der Waals surface area contributed by atoms with Crippen molar-refractivity contribution in [2.75, 3.05) is 20.9 Å². The van der Waals surface area contributed by atoms with E-state index < -0.39 is 78.9 Å². The summed E-state index contributed by atoms with van der Waals surface area (Å²) in [6, 6.07) is 15.8. The van der Waals surface area contributed by atoms with Crippen LogP contribution in [0.3, 0.4) is 0 Å². The SMILES string of the molecule is CCC(C)[C@H](NC(=O)[C@H](OCc1ccc(-c2ccsc2)cc1)[C@H](O)[C@@H](OCOC(=O)[C@@H](N)C(C)C)[C@@H](OCc1ccc(-c2ccsc2)cc1)C(=O)N[C@H](C(=O)NC)C(C)CC)C(=O)NC. The van der Waals surface area contributed by atoms with Crippen LogP contribution in [0.1, 0.15) is 65.5 Å². The van der Waals surface area contributed by atoms with E-state index in [9.17, 15) is 29.1 Å². The fourth-order valence-electron chi connectivity index (χ4n) is 6.73. The van der Waals surface area contributed by atoms with E-state index in [-0.39, 0.29) is 31.0 Å². The van der Waals surface area contributed by atoms with E-state index >= 15 is 0 Å². The maximum atomic E-state index is 14.7. The molecule has 4 aromatic rings. The van der Waals surface area contributed by atoms with Gasteiger partial charge in [0.15, 0.2) is 19.0 Å². The van der Waals surface area contributed by atoms with Crippen LogP contribution in [-0.4, -0.2) is 98.1 Å². The molecule has 0 saturated carbocycles. The molecular formula is C48H65N5O10S2. The van der Waals surface area contributed by atoms with Gasteiger partial charge in [-0.15, -0.1) is 0 Å². The summed E-state index contributed by atoms with van der Waals surface area (Å²) in [4.78, 5) is 68.5. The fourth-order valence-corrected chi connectivity index (χ4v) is 8.06. The number of ether oxygens (including phenoxy) is 4. The summed E-state index contributed by atoms with van der Waals surface area (Å²) in [7, 11) is 2.90. The number of aliphatic hydroxyl groups is 1. The summed E-state index contributed by atoms with van der Waals surface area (Å²) in [5, 5.41) is 31.2. The van der Waals surface area contributed by atoms with Crippen LogP contribution in [-0.2, 0) is 56.1 Å². The predicted molar refractivity (Wildman–Crippen MR) is 252 cm³/mol. The van der Waals surface area contributed by atoms with Crippen molar-refractivity contribution in [3.8, 4) is 22.3 Å². The van der Waals surface area contributed by atoms with Gasteiger partial charge in [0.1, 0.15) is 30.3 Å². The zero-order valence-electron chi connectivity index (χ0n) is 38.4. The highest BCUT2D eigenvalue weighted by molar-refractivity contribution is 7.08. The Morgan fingerprint density at radius 3 is 1.43 bits per heavy atom. The number of nitrogens with two attached hydrogens (primary N) is 1. The lowest BCUT2D eigenvalue weighted by atomic mass is 9.95. The minimum Gasteiger partial charge on any atom is -0.437 e. The second-order valence-electron chi connectivity index (χ2n) is 16.3. The molecule has 2 heterocycles. The normalized spacial score (nSPS) is 15.6. The topological polar surface area (TPSA) is 217 Å². The van der Waals surface area contributed by atoms with Crippen LogP contribution in [0.25, 0.3) is 22.3 Å². The molecule has 2 aromatic carbocycles. The van der Waals surface area contributed by atoms with Crippen LogP contribution in [0.5, 0.6) is 0 Å². The highest BCUT2D eigenvalue weighted by Gasteiger charge is 2.45. The number of likely N-dealkylation sites (N-methyl/N-ethyl adjacent to an activating group) is 2. The maximum absolute atomic E-state index is 14.7. The van der Waals surface area contributed by atoms with Gasteiger partial charge in [0.2, 0.25) is 11.8 Å². The summed E-state index contributed by atoms with van der Waals surface area (Å²) in [6.45, 7) is 9.60. The number of rotatable bonds is 26. The van der Waals surface area contributed by atoms with E-state index in [1.54, 1.807) is 50.4 Å². The Kier molecular flexibility index (Phi) is 21.2. The number of carbonyl (C=O) groups excluding carboxylic acids is 5. The molecule has 2 aromatic heterocycles. The van der Waals surface area contributed by atoms with E-state index in [1.165, 1.54) is 14.1 Å². The van der Waals surface area contributed by atoms with Gasteiger partial charge in [-0.25, -0.2) is 0 Å². The molecule has 354 valence electrons. The quantitative estimate of drug-likeness (QED) is 0.0346. The number of benzene rings is 2. The van der Waals surface area contributed by atoms with E-state index in [1.807, 2.05) is 96.0 Å². The predicted octanol–water partition coefficient (Wildman–Crippen LogP) is 5.40. The van der Waals surface area contributed by atoms with Gasteiger partial charge in [0, 0.05) is 14.1 Å². The Hall–Kier alpha value is -5.01. The molecule has 9 atom stereocenters. The molecule has 65 heavy (non-hydrogen) atoms. The molecule has 4 amide bonds. The average Bonchev–Trinajstić information content (AvgIpc) is 4.07. The second-order valence-corrected chi connectivity index (χ2v) is 17.9. The van der Waals surface area contributed by atoms with Gasteiger partial charge in [-0.2, -0.15) is 22.7 Å². The summed E-state index contributed by atoms with van der Waals surface area (Å²) in [5.41, 5.74) is 11.3. The number of amides is 4. The lowest BCUT2D eigenvalue weighted by molar-refractivity contribution is -0.204. The van der Waals surface area contributed by atoms with Gasteiger partial charge < -0.3 is 51.1 Å². The molecule has 0 bridgehead atoms. The largest absolute Gasteiger partial charge is 0.437 e. The van der Waals surface area contributed by atoms with Crippen LogP contribution in [0.4, 0.5) is 0 Å². The van der Waals surface area contributed by atoms with Crippen LogP contribution >= 0.6 is 22.7 Å². The number of hydrogen-bond donors (Lipinski definition) is 6. The molecule has 7 N–H and O–H groups in total. The van der Waals surface area contributed by atoms with Crippen molar-refractivity contribution < 1.29 is 48.0 Å². The zero-order chi connectivity index (χ0) is 47.6. The molecule has 4 rings (SSSR count). The van der Waals surface area contributed by atoms with Crippen molar-refractivity contribution in [3.05, 3.63) is 93.3 Å². The molecule has 17 heteroatoms. The Morgan fingerprint density at radius 1 is 0.615 bits per heavy atom. The Balaban J connectivity index is 1.80. The van der Waals surface area contributed by atoms with Crippen molar-refractivity contribution >= 4 is 52.3 Å². The first-order valence-electron chi connectivity index (χ1n) is 21.9. The molecule has 0 aliphatic rings. The molecule has 0 aliphatic carbocycles. The molecular weight excluding hydrogens is 871 g/mol. The van der Waals surface area contributed by atoms with Crippen molar-refractivity contribution in [1.82, 2.24) is 21.3 Å². The number of nitrogens with one attached hydrogen (secondary N) is 4. The van der Waals surface area contributed by atoms with Gasteiger partial charge >= 0.3 is 5.97 Å². The average molecular weight is 936 g/mol.